The molecular formula is C41H50FN5O7S. The molecule has 0 radical (unpaired) electrons. The van der Waals surface area contributed by atoms with E-state index < -0.39 is 73.9 Å². The molecule has 3 N–H and O–H groups in total. The Morgan fingerprint density at radius 2 is 1.85 bits per heavy atom. The summed E-state index contributed by atoms with van der Waals surface area (Å²) in [6, 6.07) is 9.66. The molecule has 6 rings (SSSR count). The van der Waals surface area contributed by atoms with Crippen LogP contribution in [0.2, 0.25) is 0 Å². The van der Waals surface area contributed by atoms with Gasteiger partial charge in [-0.2, -0.15) is 5.26 Å². The fourth-order valence-corrected chi connectivity index (χ4v) is 9.26. The number of nitrogens with one attached hydrogen (secondary N) is 3. The van der Waals surface area contributed by atoms with E-state index in [2.05, 4.69) is 34.4 Å². The van der Waals surface area contributed by atoms with Crippen molar-refractivity contribution in [1.82, 2.24) is 14.9 Å². The van der Waals surface area contributed by atoms with Crippen molar-refractivity contribution < 1.29 is 36.7 Å². The molecule has 1 heterocycles. The first kappa shape index (κ1) is 39.9. The summed E-state index contributed by atoms with van der Waals surface area (Å²) in [6.07, 6.45) is 5.20. The number of ether oxygens (including phenoxy) is 1. The average Bonchev–Trinajstić information content (AvgIpc) is 4.07. The zero-order valence-electron chi connectivity index (χ0n) is 32.0. The standard InChI is InChI=1S/C41H50FN5O7S/c1-6-24-9-8-10-25-11-12-26(13-17-32(24)25)38(50)54-30-20-34(36(48)45-41(21-28(41)7-2)39(51)46-55(52,53)31-15-16-31)47(23-30)37(49)35(40(3,4)5)44-29-14-18-33(42)27(19-29)22-43/h8-10,12,14,18-19,28,30-31,34-35,44H,6-7,11,13,15-17,20-21,23H2,1-5H3,(H,45,48)(H,46,51)/t28?,30-,34+,35-,41-/m1/s1. The van der Waals surface area contributed by atoms with Gasteiger partial charge in [-0.3, -0.25) is 19.1 Å². The number of anilines is 1. The number of rotatable bonds is 12. The number of likely N-dealkylation sites (tertiary alicyclic amines) is 1. The van der Waals surface area contributed by atoms with Gasteiger partial charge < -0.3 is 20.3 Å². The van der Waals surface area contributed by atoms with Crippen LogP contribution in [-0.4, -0.2) is 72.5 Å². The lowest BCUT2D eigenvalue weighted by atomic mass is 9.85. The molecule has 0 aromatic heterocycles. The van der Waals surface area contributed by atoms with Crippen LogP contribution < -0.4 is 15.4 Å². The van der Waals surface area contributed by atoms with Gasteiger partial charge in [-0.1, -0.05) is 65.3 Å². The summed E-state index contributed by atoms with van der Waals surface area (Å²) in [5, 5.41) is 14.7. The molecule has 0 spiro atoms. The van der Waals surface area contributed by atoms with Crippen molar-refractivity contribution in [2.45, 2.75) is 121 Å². The highest BCUT2D eigenvalue weighted by Gasteiger charge is 2.62. The number of hydrogen-bond donors (Lipinski definition) is 3. The number of nitriles is 1. The number of sulfonamides is 1. The van der Waals surface area contributed by atoms with Crippen LogP contribution in [0.3, 0.4) is 0 Å². The van der Waals surface area contributed by atoms with Crippen LogP contribution in [-0.2, 0) is 53.2 Å². The zero-order valence-corrected chi connectivity index (χ0v) is 32.9. The molecular weight excluding hydrogens is 726 g/mol. The van der Waals surface area contributed by atoms with Crippen LogP contribution in [0.5, 0.6) is 0 Å². The summed E-state index contributed by atoms with van der Waals surface area (Å²) in [5.41, 5.74) is 2.01. The van der Waals surface area contributed by atoms with Gasteiger partial charge in [0.2, 0.25) is 21.8 Å². The summed E-state index contributed by atoms with van der Waals surface area (Å²) in [5.74, 6) is -3.53. The monoisotopic (exact) mass is 775 g/mol. The molecule has 0 bridgehead atoms. The van der Waals surface area contributed by atoms with Gasteiger partial charge >= 0.3 is 5.97 Å². The first-order valence-corrected chi connectivity index (χ1v) is 20.7. The van der Waals surface area contributed by atoms with Crippen molar-refractivity contribution in [3.8, 4) is 6.07 Å². The van der Waals surface area contributed by atoms with E-state index in [0.29, 0.717) is 49.8 Å². The maximum absolute atomic E-state index is 14.6. The number of hydrogen-bond acceptors (Lipinski definition) is 9. The van der Waals surface area contributed by atoms with Gasteiger partial charge in [-0.15, -0.1) is 0 Å². The minimum Gasteiger partial charge on any atom is -0.457 e. The molecule has 12 nitrogen and oxygen atoms in total. The Morgan fingerprint density at radius 3 is 2.49 bits per heavy atom. The Bertz CT molecular complexity index is 2070. The lowest BCUT2D eigenvalue weighted by molar-refractivity contribution is -0.145. The quantitative estimate of drug-likeness (QED) is 0.260. The molecule has 2 saturated carbocycles. The summed E-state index contributed by atoms with van der Waals surface area (Å²) in [7, 11) is -3.89. The Labute approximate surface area is 322 Å². The van der Waals surface area contributed by atoms with Crippen LogP contribution in [0.4, 0.5) is 10.1 Å². The molecule has 1 aliphatic heterocycles. The number of nitrogens with zero attached hydrogens (tertiary/aromatic N) is 2. The first-order chi connectivity index (χ1) is 26.0. The minimum atomic E-state index is -3.89. The Balaban J connectivity index is 1.26. The van der Waals surface area contributed by atoms with Crippen molar-refractivity contribution in [3.63, 3.8) is 0 Å². The van der Waals surface area contributed by atoms with E-state index >= 15 is 0 Å². The summed E-state index contributed by atoms with van der Waals surface area (Å²) in [6.45, 7) is 9.27. The van der Waals surface area contributed by atoms with Gasteiger partial charge in [-0.05, 0) is 91.2 Å². The maximum Gasteiger partial charge on any atom is 0.334 e. The van der Waals surface area contributed by atoms with E-state index in [4.69, 9.17) is 4.74 Å². The van der Waals surface area contributed by atoms with Crippen LogP contribution in [0.1, 0.15) is 95.4 Å². The van der Waals surface area contributed by atoms with Gasteiger partial charge in [0, 0.05) is 17.7 Å². The SMILES string of the molecule is CCc1cccc2c1CCC(C(=O)O[C@@H]1C[C@@H](C(=O)N[C@]3(C(=O)NS(=O)(=O)C4CC4)CC3CC)N(C(=O)[C@@H](Nc3ccc(F)c(C#N)c3)C(C)(C)C)C1)=CC2. The Kier molecular flexibility index (Phi) is 11.2. The molecule has 3 amide bonds. The smallest absolute Gasteiger partial charge is 0.334 e. The first-order valence-electron chi connectivity index (χ1n) is 19.2. The number of fused-ring (bicyclic) bond motifs is 1. The van der Waals surface area contributed by atoms with Gasteiger partial charge in [0.15, 0.2) is 0 Å². The predicted octanol–water partition coefficient (Wildman–Crippen LogP) is 4.61. The molecule has 1 saturated heterocycles. The van der Waals surface area contributed by atoms with Gasteiger partial charge in [0.1, 0.15) is 35.6 Å². The van der Waals surface area contributed by atoms with Crippen molar-refractivity contribution >= 4 is 39.4 Å². The summed E-state index contributed by atoms with van der Waals surface area (Å²) >= 11 is 0. The number of benzene rings is 2. The van der Waals surface area contributed by atoms with Crippen molar-refractivity contribution in [1.29, 1.82) is 5.26 Å². The minimum absolute atomic E-state index is 0.0579. The van der Waals surface area contributed by atoms with E-state index in [1.807, 2.05) is 39.8 Å². The van der Waals surface area contributed by atoms with Crippen molar-refractivity contribution in [3.05, 3.63) is 76.1 Å². The number of allylic oxidation sites excluding steroid dienone is 1. The van der Waals surface area contributed by atoms with Crippen LogP contribution in [0, 0.1) is 28.5 Å². The number of aryl methyl sites for hydroxylation is 1. The van der Waals surface area contributed by atoms with E-state index in [1.165, 1.54) is 28.2 Å². The van der Waals surface area contributed by atoms with E-state index in [9.17, 15) is 37.2 Å². The molecule has 1 unspecified atom stereocenters. The Morgan fingerprint density at radius 1 is 1.11 bits per heavy atom. The van der Waals surface area contributed by atoms with Crippen molar-refractivity contribution in [2.75, 3.05) is 11.9 Å². The van der Waals surface area contributed by atoms with E-state index in [1.54, 1.807) is 6.07 Å². The van der Waals surface area contributed by atoms with Gasteiger partial charge in [0.05, 0.1) is 17.4 Å². The fraction of sp³-hybridized carbons (Fsp3) is 0.537. The molecule has 2 aromatic rings. The molecule has 14 heteroatoms. The van der Waals surface area contributed by atoms with Crippen LogP contribution in [0.15, 0.2) is 48.0 Å². The molecule has 5 atom stereocenters. The maximum atomic E-state index is 14.6. The fourth-order valence-electron chi connectivity index (χ4n) is 7.89. The number of carbonyl (C=O) groups excluding carboxylic acids is 4. The summed E-state index contributed by atoms with van der Waals surface area (Å²) < 4.78 is 47.9. The van der Waals surface area contributed by atoms with Crippen LogP contribution in [0.25, 0.3) is 0 Å². The average molecular weight is 776 g/mol. The number of carbonyl (C=O) groups is 4. The highest BCUT2D eigenvalue weighted by atomic mass is 32.2. The predicted molar refractivity (Wildman–Crippen MR) is 203 cm³/mol. The molecule has 55 heavy (non-hydrogen) atoms. The number of halogens is 1. The molecule has 294 valence electrons. The van der Waals surface area contributed by atoms with E-state index in [-0.39, 0.29) is 30.9 Å². The second-order valence-electron chi connectivity index (χ2n) is 16.3. The number of amides is 3. The highest BCUT2D eigenvalue weighted by molar-refractivity contribution is 7.91. The topological polar surface area (TPSA) is 175 Å². The second-order valence-corrected chi connectivity index (χ2v) is 18.3. The molecule has 2 aromatic carbocycles. The highest BCUT2D eigenvalue weighted by Crippen LogP contribution is 2.47. The normalized spacial score (nSPS) is 24.0. The van der Waals surface area contributed by atoms with Gasteiger partial charge in [-0.25, -0.2) is 17.6 Å². The second kappa shape index (κ2) is 15.4. The molecule has 4 aliphatic rings. The van der Waals surface area contributed by atoms with Crippen LogP contribution >= 0.6 is 0 Å². The lowest BCUT2D eigenvalue weighted by Crippen LogP contribution is -2.58. The molecule has 3 fully saturated rings. The number of esters is 1. The third kappa shape index (κ3) is 8.42. The third-order valence-corrected chi connectivity index (χ3v) is 13.2. The molecule has 3 aliphatic carbocycles. The Hall–Kier alpha value is -4.77. The summed E-state index contributed by atoms with van der Waals surface area (Å²) in [4.78, 5) is 57.6. The third-order valence-electron chi connectivity index (χ3n) is 11.4. The zero-order chi connectivity index (χ0) is 39.9. The lowest BCUT2D eigenvalue weighted by Gasteiger charge is -2.36. The van der Waals surface area contributed by atoms with Gasteiger partial charge in [0.25, 0.3) is 5.91 Å². The van der Waals surface area contributed by atoms with Crippen molar-refractivity contribution in [2.24, 2.45) is 11.3 Å². The largest absolute Gasteiger partial charge is 0.457 e. The van der Waals surface area contributed by atoms with E-state index in [0.717, 1.165) is 18.1 Å².